The van der Waals surface area contributed by atoms with Crippen molar-refractivity contribution in [2.24, 2.45) is 0 Å². The Hall–Kier alpha value is -1.29. The molecular formula is C9H9FO3. The van der Waals surface area contributed by atoms with Gasteiger partial charge in [-0.1, -0.05) is 0 Å². The van der Waals surface area contributed by atoms with Crippen molar-refractivity contribution >= 4 is 0 Å². The molecule has 1 N–H and O–H groups in total. The number of fused-ring (bicyclic) bond motifs is 1. The van der Waals surface area contributed by atoms with Crippen LogP contribution < -0.4 is 9.47 Å². The Morgan fingerprint density at radius 3 is 2.92 bits per heavy atom. The summed E-state index contributed by atoms with van der Waals surface area (Å²) in [7, 11) is 0. The van der Waals surface area contributed by atoms with Crippen molar-refractivity contribution in [3.05, 3.63) is 23.5 Å². The summed E-state index contributed by atoms with van der Waals surface area (Å²) >= 11 is 0. The van der Waals surface area contributed by atoms with Crippen LogP contribution in [0.5, 0.6) is 11.5 Å². The number of aliphatic hydroxyl groups excluding tert-OH is 1. The topological polar surface area (TPSA) is 38.7 Å². The van der Waals surface area contributed by atoms with Gasteiger partial charge in [0.15, 0.2) is 11.5 Å². The molecule has 1 aromatic carbocycles. The minimum Gasteiger partial charge on any atom is -0.454 e. The highest BCUT2D eigenvalue weighted by Crippen LogP contribution is 2.39. The Kier molecular flexibility index (Phi) is 1.84. The zero-order chi connectivity index (χ0) is 9.42. The largest absolute Gasteiger partial charge is 0.454 e. The second-order valence-electron chi connectivity index (χ2n) is 2.87. The van der Waals surface area contributed by atoms with Gasteiger partial charge < -0.3 is 14.6 Å². The van der Waals surface area contributed by atoms with Gasteiger partial charge in [0.1, 0.15) is 5.82 Å². The van der Waals surface area contributed by atoms with Gasteiger partial charge in [-0.3, -0.25) is 0 Å². The summed E-state index contributed by atoms with van der Waals surface area (Å²) in [6.07, 6.45) is -0.892. The summed E-state index contributed by atoms with van der Waals surface area (Å²) < 4.78 is 23.3. The molecular weight excluding hydrogens is 175 g/mol. The standard InChI is InChI=1S/C9H9FO3/c1-5(11)8-6(10)2-3-7-9(8)13-4-12-7/h2-3,5,11H,4H2,1H3. The van der Waals surface area contributed by atoms with Gasteiger partial charge in [-0.05, 0) is 19.1 Å². The molecule has 2 rings (SSSR count). The van der Waals surface area contributed by atoms with E-state index in [1.165, 1.54) is 19.1 Å². The van der Waals surface area contributed by atoms with Gasteiger partial charge in [0, 0.05) is 0 Å². The van der Waals surface area contributed by atoms with Crippen LogP contribution in [0.3, 0.4) is 0 Å². The number of hydrogen-bond acceptors (Lipinski definition) is 3. The Labute approximate surface area is 74.7 Å². The summed E-state index contributed by atoms with van der Waals surface area (Å²) in [6.45, 7) is 1.57. The van der Waals surface area contributed by atoms with Gasteiger partial charge in [0.2, 0.25) is 6.79 Å². The lowest BCUT2D eigenvalue weighted by molar-refractivity contribution is 0.162. The van der Waals surface area contributed by atoms with Gasteiger partial charge in [-0.15, -0.1) is 0 Å². The smallest absolute Gasteiger partial charge is 0.231 e. The van der Waals surface area contributed by atoms with E-state index in [1.807, 2.05) is 0 Å². The minimum atomic E-state index is -0.892. The van der Waals surface area contributed by atoms with Crippen LogP contribution in [0.2, 0.25) is 0 Å². The molecule has 0 amide bonds. The fourth-order valence-corrected chi connectivity index (χ4v) is 1.36. The summed E-state index contributed by atoms with van der Waals surface area (Å²) in [5, 5.41) is 9.29. The average Bonchev–Trinajstić information content (AvgIpc) is 2.50. The molecule has 0 aliphatic carbocycles. The molecule has 1 atom stereocenters. The Morgan fingerprint density at radius 2 is 2.23 bits per heavy atom. The molecule has 0 saturated heterocycles. The summed E-state index contributed by atoms with van der Waals surface area (Å²) in [5.74, 6) is 0.326. The SMILES string of the molecule is CC(O)c1c(F)ccc2c1OCO2. The monoisotopic (exact) mass is 184 g/mol. The van der Waals surface area contributed by atoms with E-state index in [-0.39, 0.29) is 12.4 Å². The maximum absolute atomic E-state index is 13.2. The van der Waals surface area contributed by atoms with E-state index >= 15 is 0 Å². The Bertz CT molecular complexity index is 336. The van der Waals surface area contributed by atoms with E-state index in [2.05, 4.69) is 0 Å². The number of halogens is 1. The lowest BCUT2D eigenvalue weighted by Crippen LogP contribution is -1.99. The van der Waals surface area contributed by atoms with Crippen LogP contribution in [0, 0.1) is 5.82 Å². The fourth-order valence-electron chi connectivity index (χ4n) is 1.36. The van der Waals surface area contributed by atoms with E-state index in [4.69, 9.17) is 9.47 Å². The van der Waals surface area contributed by atoms with Crippen molar-refractivity contribution in [1.29, 1.82) is 0 Å². The maximum Gasteiger partial charge on any atom is 0.231 e. The molecule has 0 fully saturated rings. The molecule has 13 heavy (non-hydrogen) atoms. The zero-order valence-corrected chi connectivity index (χ0v) is 7.08. The first-order valence-corrected chi connectivity index (χ1v) is 3.96. The number of rotatable bonds is 1. The van der Waals surface area contributed by atoms with Gasteiger partial charge in [0.25, 0.3) is 0 Å². The first-order chi connectivity index (χ1) is 6.20. The molecule has 1 unspecified atom stereocenters. The van der Waals surface area contributed by atoms with Crippen molar-refractivity contribution in [3.63, 3.8) is 0 Å². The number of hydrogen-bond donors (Lipinski definition) is 1. The highest BCUT2D eigenvalue weighted by molar-refractivity contribution is 5.49. The first-order valence-electron chi connectivity index (χ1n) is 3.96. The van der Waals surface area contributed by atoms with E-state index in [1.54, 1.807) is 0 Å². The van der Waals surface area contributed by atoms with Gasteiger partial charge in [0.05, 0.1) is 11.7 Å². The van der Waals surface area contributed by atoms with Crippen molar-refractivity contribution < 1.29 is 19.0 Å². The molecule has 1 aliphatic heterocycles. The first kappa shape index (κ1) is 8.31. The van der Waals surface area contributed by atoms with Gasteiger partial charge in [-0.25, -0.2) is 4.39 Å². The predicted molar refractivity (Wildman–Crippen MR) is 43.2 cm³/mol. The van der Waals surface area contributed by atoms with E-state index < -0.39 is 11.9 Å². The molecule has 0 spiro atoms. The highest BCUT2D eigenvalue weighted by Gasteiger charge is 2.23. The normalized spacial score (nSPS) is 15.9. The number of benzene rings is 1. The van der Waals surface area contributed by atoms with Crippen molar-refractivity contribution in [1.82, 2.24) is 0 Å². The lowest BCUT2D eigenvalue weighted by atomic mass is 10.1. The summed E-state index contributed by atoms with van der Waals surface area (Å²) in [5.41, 5.74) is 0.162. The molecule has 70 valence electrons. The van der Waals surface area contributed by atoms with Crippen molar-refractivity contribution in [2.75, 3.05) is 6.79 Å². The van der Waals surface area contributed by atoms with Crippen LogP contribution in [0.4, 0.5) is 4.39 Å². The molecule has 3 nitrogen and oxygen atoms in total. The molecule has 0 saturated carbocycles. The molecule has 1 heterocycles. The minimum absolute atomic E-state index is 0.0819. The maximum atomic E-state index is 13.2. The molecule has 0 bridgehead atoms. The zero-order valence-electron chi connectivity index (χ0n) is 7.08. The van der Waals surface area contributed by atoms with Crippen LogP contribution >= 0.6 is 0 Å². The van der Waals surface area contributed by atoms with Crippen LogP contribution in [-0.2, 0) is 0 Å². The van der Waals surface area contributed by atoms with Crippen molar-refractivity contribution in [3.8, 4) is 11.5 Å². The van der Waals surface area contributed by atoms with E-state index in [0.29, 0.717) is 11.5 Å². The quantitative estimate of drug-likeness (QED) is 0.720. The van der Waals surface area contributed by atoms with Crippen LogP contribution in [0.1, 0.15) is 18.6 Å². The second-order valence-corrected chi connectivity index (χ2v) is 2.87. The summed E-state index contributed by atoms with van der Waals surface area (Å²) in [4.78, 5) is 0. The van der Waals surface area contributed by atoms with E-state index in [0.717, 1.165) is 0 Å². The Morgan fingerprint density at radius 1 is 1.46 bits per heavy atom. The third kappa shape index (κ3) is 1.23. The highest BCUT2D eigenvalue weighted by atomic mass is 19.1. The van der Waals surface area contributed by atoms with Crippen LogP contribution in [0.15, 0.2) is 12.1 Å². The predicted octanol–water partition coefficient (Wildman–Crippen LogP) is 1.61. The van der Waals surface area contributed by atoms with Crippen LogP contribution in [0.25, 0.3) is 0 Å². The van der Waals surface area contributed by atoms with E-state index in [9.17, 15) is 9.50 Å². The molecule has 0 radical (unpaired) electrons. The number of aliphatic hydroxyl groups is 1. The van der Waals surface area contributed by atoms with Crippen molar-refractivity contribution in [2.45, 2.75) is 13.0 Å². The van der Waals surface area contributed by atoms with Gasteiger partial charge in [-0.2, -0.15) is 0 Å². The third-order valence-corrected chi connectivity index (χ3v) is 1.94. The average molecular weight is 184 g/mol. The van der Waals surface area contributed by atoms with Crippen LogP contribution in [-0.4, -0.2) is 11.9 Å². The Balaban J connectivity index is 2.58. The molecule has 1 aromatic rings. The molecule has 4 heteroatoms. The number of ether oxygens (including phenoxy) is 2. The molecule has 1 aliphatic rings. The molecule has 0 aromatic heterocycles. The van der Waals surface area contributed by atoms with Gasteiger partial charge >= 0.3 is 0 Å². The lowest BCUT2D eigenvalue weighted by Gasteiger charge is -2.08. The second kappa shape index (κ2) is 2.88. The fraction of sp³-hybridized carbons (Fsp3) is 0.333. The third-order valence-electron chi connectivity index (χ3n) is 1.94. The summed E-state index contributed by atoms with van der Waals surface area (Å²) in [6, 6.07) is 2.75.